The minimum Gasteiger partial charge on any atom is -0.433 e. The normalized spacial score (nSPS) is 10.3. The van der Waals surface area contributed by atoms with Gasteiger partial charge in [-0.05, 0) is 18.2 Å². The number of carbonyl (C=O) groups excluding carboxylic acids is 1. The van der Waals surface area contributed by atoms with E-state index in [0.717, 1.165) is 18.2 Å². The number of nitrogens with zero attached hydrogens (tertiary/aromatic N) is 2. The lowest BCUT2D eigenvalue weighted by Gasteiger charge is -2.12. The fraction of sp³-hybridized carbons (Fsp3) is 0.143. The number of ether oxygens (including phenoxy) is 1. The molecular formula is C14H12F2N4O4. The van der Waals surface area contributed by atoms with Crippen molar-refractivity contribution >= 4 is 17.4 Å². The van der Waals surface area contributed by atoms with Crippen molar-refractivity contribution in [2.24, 2.45) is 0 Å². The highest BCUT2D eigenvalue weighted by Crippen LogP contribution is 2.30. The Morgan fingerprint density at radius 2 is 2.12 bits per heavy atom. The van der Waals surface area contributed by atoms with Crippen LogP contribution in [0.15, 0.2) is 42.6 Å². The fourth-order valence-corrected chi connectivity index (χ4v) is 1.77. The highest BCUT2D eigenvalue weighted by atomic mass is 19.3. The average Bonchev–Trinajstić information content (AvgIpc) is 2.55. The van der Waals surface area contributed by atoms with Crippen LogP contribution in [0.2, 0.25) is 0 Å². The molecule has 2 N–H and O–H groups in total. The summed E-state index contributed by atoms with van der Waals surface area (Å²) in [4.78, 5) is 25.9. The van der Waals surface area contributed by atoms with E-state index in [-0.39, 0.29) is 23.7 Å². The number of alkyl halides is 2. The maximum absolute atomic E-state index is 12.4. The first-order valence-corrected chi connectivity index (χ1v) is 6.63. The zero-order valence-electron chi connectivity index (χ0n) is 12.1. The van der Waals surface area contributed by atoms with E-state index in [1.165, 1.54) is 0 Å². The first-order valence-electron chi connectivity index (χ1n) is 6.63. The number of amides is 2. The van der Waals surface area contributed by atoms with Gasteiger partial charge in [0, 0.05) is 18.3 Å². The van der Waals surface area contributed by atoms with E-state index in [4.69, 9.17) is 0 Å². The molecule has 10 heteroatoms. The molecule has 0 aliphatic carbocycles. The molecule has 24 heavy (non-hydrogen) atoms. The van der Waals surface area contributed by atoms with Gasteiger partial charge in [0.25, 0.3) is 5.69 Å². The van der Waals surface area contributed by atoms with Gasteiger partial charge in [0.1, 0.15) is 5.75 Å². The number of aromatic nitrogens is 1. The second-order valence-corrected chi connectivity index (χ2v) is 4.44. The molecule has 0 saturated carbocycles. The Morgan fingerprint density at radius 1 is 1.33 bits per heavy atom. The number of nitro benzene ring substituents is 1. The maximum atomic E-state index is 12.4. The number of benzene rings is 1. The van der Waals surface area contributed by atoms with Crippen LogP contribution in [0, 0.1) is 10.1 Å². The summed E-state index contributed by atoms with van der Waals surface area (Å²) in [6.07, 6.45) is 1.55. The summed E-state index contributed by atoms with van der Waals surface area (Å²) in [6, 6.07) is 7.28. The molecule has 2 rings (SSSR count). The highest BCUT2D eigenvalue weighted by molar-refractivity contribution is 5.91. The minimum absolute atomic E-state index is 0.0899. The monoisotopic (exact) mass is 338 g/mol. The van der Waals surface area contributed by atoms with Crippen LogP contribution in [0.5, 0.6) is 5.75 Å². The quantitative estimate of drug-likeness (QED) is 0.622. The van der Waals surface area contributed by atoms with Gasteiger partial charge in [-0.25, -0.2) is 4.79 Å². The smallest absolute Gasteiger partial charge is 0.387 e. The number of hydrogen-bond donors (Lipinski definition) is 2. The van der Waals surface area contributed by atoms with E-state index in [9.17, 15) is 23.7 Å². The zero-order chi connectivity index (χ0) is 17.5. The molecular weight excluding hydrogens is 326 g/mol. The third-order valence-electron chi connectivity index (χ3n) is 2.79. The molecule has 126 valence electrons. The predicted octanol–water partition coefficient (Wildman–Crippen LogP) is 2.91. The van der Waals surface area contributed by atoms with Crippen LogP contribution in [0.25, 0.3) is 0 Å². The van der Waals surface area contributed by atoms with Crippen LogP contribution in [0.1, 0.15) is 5.69 Å². The van der Waals surface area contributed by atoms with E-state index in [0.29, 0.717) is 5.69 Å². The van der Waals surface area contributed by atoms with Gasteiger partial charge in [-0.15, -0.1) is 0 Å². The van der Waals surface area contributed by atoms with Crippen molar-refractivity contribution < 1.29 is 23.2 Å². The standard InChI is InChI=1S/C14H12F2N4O4/c15-13(16)24-12-5-4-10(20(22)23)7-11(12)19-14(21)18-8-9-3-1-2-6-17-9/h1-7,13H,8H2,(H2,18,19,21). The molecule has 0 spiro atoms. The third-order valence-corrected chi connectivity index (χ3v) is 2.79. The molecule has 2 amide bonds. The van der Waals surface area contributed by atoms with Gasteiger partial charge in [-0.3, -0.25) is 15.1 Å². The lowest BCUT2D eigenvalue weighted by molar-refractivity contribution is -0.384. The minimum atomic E-state index is -3.14. The third kappa shape index (κ3) is 4.87. The zero-order valence-corrected chi connectivity index (χ0v) is 12.1. The lowest BCUT2D eigenvalue weighted by atomic mass is 10.2. The van der Waals surface area contributed by atoms with Crippen molar-refractivity contribution in [3.63, 3.8) is 0 Å². The van der Waals surface area contributed by atoms with Crippen molar-refractivity contribution in [2.45, 2.75) is 13.2 Å². The molecule has 8 nitrogen and oxygen atoms in total. The average molecular weight is 338 g/mol. The van der Waals surface area contributed by atoms with Crippen LogP contribution in [0.4, 0.5) is 25.0 Å². The number of halogens is 2. The van der Waals surface area contributed by atoms with Crippen molar-refractivity contribution in [1.82, 2.24) is 10.3 Å². The maximum Gasteiger partial charge on any atom is 0.387 e. The number of non-ortho nitro benzene ring substituents is 1. The Kier molecular flexibility index (Phi) is 5.55. The molecule has 1 aromatic carbocycles. The Bertz CT molecular complexity index is 728. The summed E-state index contributed by atoms with van der Waals surface area (Å²) in [7, 11) is 0. The highest BCUT2D eigenvalue weighted by Gasteiger charge is 2.16. The van der Waals surface area contributed by atoms with Crippen molar-refractivity contribution in [3.05, 3.63) is 58.4 Å². The molecule has 1 heterocycles. The topological polar surface area (TPSA) is 106 Å². The van der Waals surface area contributed by atoms with Gasteiger partial charge in [-0.2, -0.15) is 8.78 Å². The van der Waals surface area contributed by atoms with Gasteiger partial charge in [0.05, 0.1) is 22.8 Å². The molecule has 0 atom stereocenters. The molecule has 0 aliphatic heterocycles. The number of hydrogen-bond acceptors (Lipinski definition) is 5. The summed E-state index contributed by atoms with van der Waals surface area (Å²) >= 11 is 0. The SMILES string of the molecule is O=C(NCc1ccccn1)Nc1cc([N+](=O)[O-])ccc1OC(F)F. The van der Waals surface area contributed by atoms with E-state index < -0.39 is 17.6 Å². The summed E-state index contributed by atoms with van der Waals surface area (Å²) in [5.74, 6) is -0.386. The summed E-state index contributed by atoms with van der Waals surface area (Å²) in [6.45, 7) is -3.05. The van der Waals surface area contributed by atoms with Gasteiger partial charge in [0.15, 0.2) is 0 Å². The van der Waals surface area contributed by atoms with Crippen LogP contribution >= 0.6 is 0 Å². The molecule has 0 fully saturated rings. The van der Waals surface area contributed by atoms with Gasteiger partial charge in [-0.1, -0.05) is 6.07 Å². The van der Waals surface area contributed by atoms with Gasteiger partial charge >= 0.3 is 12.6 Å². The van der Waals surface area contributed by atoms with E-state index >= 15 is 0 Å². The van der Waals surface area contributed by atoms with E-state index in [1.807, 2.05) is 0 Å². The molecule has 0 radical (unpaired) electrons. The Balaban J connectivity index is 2.09. The molecule has 0 unspecified atom stereocenters. The van der Waals surface area contributed by atoms with Gasteiger partial charge < -0.3 is 15.4 Å². The van der Waals surface area contributed by atoms with Crippen LogP contribution in [-0.4, -0.2) is 22.5 Å². The Morgan fingerprint density at radius 3 is 2.75 bits per heavy atom. The Hall–Kier alpha value is -3.30. The number of nitro groups is 1. The van der Waals surface area contributed by atoms with Crippen LogP contribution in [0.3, 0.4) is 0 Å². The number of nitrogens with one attached hydrogen (secondary N) is 2. The largest absolute Gasteiger partial charge is 0.433 e. The van der Waals surface area contributed by atoms with Crippen molar-refractivity contribution in [1.29, 1.82) is 0 Å². The van der Waals surface area contributed by atoms with E-state index in [1.54, 1.807) is 24.4 Å². The predicted molar refractivity (Wildman–Crippen MR) is 79.8 cm³/mol. The van der Waals surface area contributed by atoms with Crippen molar-refractivity contribution in [3.8, 4) is 5.75 Å². The van der Waals surface area contributed by atoms with Crippen LogP contribution in [-0.2, 0) is 6.54 Å². The molecule has 1 aromatic heterocycles. The second kappa shape index (κ2) is 7.81. The molecule has 0 aliphatic rings. The summed E-state index contributed by atoms with van der Waals surface area (Å²) in [5.41, 5.74) is -0.0459. The molecule has 0 saturated heterocycles. The molecule has 2 aromatic rings. The summed E-state index contributed by atoms with van der Waals surface area (Å²) in [5, 5.41) is 15.5. The van der Waals surface area contributed by atoms with Crippen molar-refractivity contribution in [2.75, 3.05) is 5.32 Å². The Labute approximate surface area is 134 Å². The van der Waals surface area contributed by atoms with Gasteiger partial charge in [0.2, 0.25) is 0 Å². The number of pyridine rings is 1. The van der Waals surface area contributed by atoms with Crippen LogP contribution < -0.4 is 15.4 Å². The fourth-order valence-electron chi connectivity index (χ4n) is 1.77. The van der Waals surface area contributed by atoms with E-state index in [2.05, 4.69) is 20.4 Å². The lowest BCUT2D eigenvalue weighted by Crippen LogP contribution is -2.28. The second-order valence-electron chi connectivity index (χ2n) is 4.44. The number of carbonyl (C=O) groups is 1. The number of urea groups is 1. The summed E-state index contributed by atoms with van der Waals surface area (Å²) < 4.78 is 29.0. The molecule has 0 bridgehead atoms. The number of rotatable bonds is 6. The number of anilines is 1. The first kappa shape index (κ1) is 17.1. The first-order chi connectivity index (χ1) is 11.5.